The van der Waals surface area contributed by atoms with Crippen LogP contribution in [0.15, 0.2) is 29.1 Å². The molecule has 0 saturated heterocycles. The maximum atomic E-state index is 6.18. The molecule has 0 aliphatic rings. The Morgan fingerprint density at radius 3 is 3.06 bits per heavy atom. The van der Waals surface area contributed by atoms with Crippen LogP contribution in [0.2, 0.25) is 5.02 Å². The van der Waals surface area contributed by atoms with Crippen molar-refractivity contribution in [1.82, 2.24) is 10.3 Å². The molecule has 1 aromatic heterocycles. The van der Waals surface area contributed by atoms with Crippen molar-refractivity contribution < 1.29 is 4.74 Å². The van der Waals surface area contributed by atoms with E-state index in [-0.39, 0.29) is 0 Å². The molecule has 1 heterocycles. The molecule has 0 aliphatic heterocycles. The van der Waals surface area contributed by atoms with Crippen LogP contribution in [0.3, 0.4) is 0 Å². The molecule has 0 unspecified atom stereocenters. The van der Waals surface area contributed by atoms with Gasteiger partial charge in [-0.1, -0.05) is 30.7 Å². The van der Waals surface area contributed by atoms with Crippen LogP contribution in [0.25, 0.3) is 0 Å². The van der Waals surface area contributed by atoms with Crippen molar-refractivity contribution in [2.75, 3.05) is 6.54 Å². The maximum Gasteiger partial charge on any atom is 0.142 e. The molecule has 0 atom stereocenters. The standard InChI is InChI=1S/C13H15ClN2OS/c1-2-15-6-10-4-3-5-12(14)13(10)17-7-11-8-18-9-16-11/h3-5,8-9,15H,2,6-7H2,1H3. The van der Waals surface area contributed by atoms with Crippen LogP contribution >= 0.6 is 22.9 Å². The molecular weight excluding hydrogens is 268 g/mol. The average Bonchev–Trinajstić information content (AvgIpc) is 2.88. The number of nitrogens with one attached hydrogen (secondary N) is 1. The lowest BCUT2D eigenvalue weighted by Crippen LogP contribution is -2.13. The molecule has 0 saturated carbocycles. The Kier molecular flexibility index (Phi) is 4.99. The Balaban J connectivity index is 2.09. The van der Waals surface area contributed by atoms with Gasteiger partial charge in [0.1, 0.15) is 12.4 Å². The fraction of sp³-hybridized carbons (Fsp3) is 0.308. The van der Waals surface area contributed by atoms with Crippen molar-refractivity contribution in [3.8, 4) is 5.75 Å². The summed E-state index contributed by atoms with van der Waals surface area (Å²) in [4.78, 5) is 4.19. The Bertz CT molecular complexity index is 488. The molecule has 2 aromatic rings. The zero-order chi connectivity index (χ0) is 12.8. The van der Waals surface area contributed by atoms with E-state index in [0.29, 0.717) is 11.6 Å². The summed E-state index contributed by atoms with van der Waals surface area (Å²) in [6.07, 6.45) is 0. The van der Waals surface area contributed by atoms with Gasteiger partial charge in [-0.2, -0.15) is 0 Å². The zero-order valence-corrected chi connectivity index (χ0v) is 11.7. The van der Waals surface area contributed by atoms with Crippen LogP contribution in [-0.4, -0.2) is 11.5 Å². The van der Waals surface area contributed by atoms with Gasteiger partial charge in [0.05, 0.1) is 16.2 Å². The summed E-state index contributed by atoms with van der Waals surface area (Å²) in [7, 11) is 0. The third-order valence-corrected chi connectivity index (χ3v) is 3.39. The fourth-order valence-corrected chi connectivity index (χ4v) is 2.36. The number of rotatable bonds is 6. The Hall–Kier alpha value is -1.10. The summed E-state index contributed by atoms with van der Waals surface area (Å²) < 4.78 is 5.78. The van der Waals surface area contributed by atoms with E-state index in [0.717, 1.165) is 30.1 Å². The van der Waals surface area contributed by atoms with Crippen molar-refractivity contribution in [2.24, 2.45) is 0 Å². The lowest BCUT2D eigenvalue weighted by Gasteiger charge is -2.12. The second kappa shape index (κ2) is 6.73. The first-order valence-electron chi connectivity index (χ1n) is 5.79. The highest BCUT2D eigenvalue weighted by Gasteiger charge is 2.08. The highest BCUT2D eigenvalue weighted by molar-refractivity contribution is 7.07. The van der Waals surface area contributed by atoms with Crippen molar-refractivity contribution in [2.45, 2.75) is 20.1 Å². The number of halogens is 1. The summed E-state index contributed by atoms with van der Waals surface area (Å²) in [5.41, 5.74) is 3.79. The molecule has 0 bridgehead atoms. The van der Waals surface area contributed by atoms with Gasteiger partial charge in [0.2, 0.25) is 0 Å². The van der Waals surface area contributed by atoms with Gasteiger partial charge in [-0.25, -0.2) is 4.98 Å². The molecule has 18 heavy (non-hydrogen) atoms. The smallest absolute Gasteiger partial charge is 0.142 e. The second-order valence-corrected chi connectivity index (χ2v) is 4.90. The number of thiazole rings is 1. The van der Waals surface area contributed by atoms with E-state index in [2.05, 4.69) is 17.2 Å². The van der Waals surface area contributed by atoms with E-state index in [1.165, 1.54) is 0 Å². The van der Waals surface area contributed by atoms with E-state index in [9.17, 15) is 0 Å². The molecule has 96 valence electrons. The molecule has 1 aromatic carbocycles. The highest BCUT2D eigenvalue weighted by Crippen LogP contribution is 2.29. The molecule has 3 nitrogen and oxygen atoms in total. The summed E-state index contributed by atoms with van der Waals surface area (Å²) in [6.45, 7) is 4.19. The fourth-order valence-electron chi connectivity index (χ4n) is 1.57. The van der Waals surface area contributed by atoms with Crippen LogP contribution in [0.1, 0.15) is 18.2 Å². The maximum absolute atomic E-state index is 6.18. The summed E-state index contributed by atoms with van der Waals surface area (Å²) in [6, 6.07) is 5.79. The molecule has 2 rings (SSSR count). The second-order valence-electron chi connectivity index (χ2n) is 3.78. The van der Waals surface area contributed by atoms with Crippen LogP contribution < -0.4 is 10.1 Å². The van der Waals surface area contributed by atoms with E-state index in [1.807, 2.05) is 23.6 Å². The number of hydrogen-bond donors (Lipinski definition) is 1. The summed E-state index contributed by atoms with van der Waals surface area (Å²) >= 11 is 7.74. The lowest BCUT2D eigenvalue weighted by atomic mass is 10.2. The topological polar surface area (TPSA) is 34.1 Å². The molecule has 0 amide bonds. The third kappa shape index (κ3) is 3.45. The van der Waals surface area contributed by atoms with Crippen LogP contribution in [0.5, 0.6) is 5.75 Å². The van der Waals surface area contributed by atoms with E-state index in [1.54, 1.807) is 16.8 Å². The summed E-state index contributed by atoms with van der Waals surface area (Å²) in [5, 5.41) is 5.89. The van der Waals surface area contributed by atoms with Crippen molar-refractivity contribution in [3.63, 3.8) is 0 Å². The van der Waals surface area contributed by atoms with Crippen molar-refractivity contribution in [3.05, 3.63) is 45.4 Å². The number of para-hydroxylation sites is 1. The molecule has 0 aliphatic carbocycles. The monoisotopic (exact) mass is 282 g/mol. The molecular formula is C13H15ClN2OS. The van der Waals surface area contributed by atoms with E-state index >= 15 is 0 Å². The third-order valence-electron chi connectivity index (χ3n) is 2.46. The summed E-state index contributed by atoms with van der Waals surface area (Å²) in [5.74, 6) is 0.744. The lowest BCUT2D eigenvalue weighted by molar-refractivity contribution is 0.298. The first-order chi connectivity index (χ1) is 8.81. The average molecular weight is 283 g/mol. The van der Waals surface area contributed by atoms with Gasteiger partial charge in [-0.3, -0.25) is 0 Å². The first kappa shape index (κ1) is 13.3. The Labute approximate surface area is 116 Å². The van der Waals surface area contributed by atoms with Crippen molar-refractivity contribution >= 4 is 22.9 Å². The minimum atomic E-state index is 0.451. The molecule has 5 heteroatoms. The quantitative estimate of drug-likeness (QED) is 0.881. The normalized spacial score (nSPS) is 10.6. The molecule has 0 spiro atoms. The van der Waals surface area contributed by atoms with Gasteiger partial charge in [-0.15, -0.1) is 11.3 Å². The number of aromatic nitrogens is 1. The van der Waals surface area contributed by atoms with E-state index in [4.69, 9.17) is 16.3 Å². The predicted octanol–water partition coefficient (Wildman–Crippen LogP) is 3.49. The molecule has 1 N–H and O–H groups in total. The Morgan fingerprint density at radius 2 is 2.33 bits per heavy atom. The van der Waals surface area contributed by atoms with Crippen LogP contribution in [-0.2, 0) is 13.2 Å². The number of hydrogen-bond acceptors (Lipinski definition) is 4. The van der Waals surface area contributed by atoms with Gasteiger partial charge in [0.15, 0.2) is 0 Å². The molecule has 0 fully saturated rings. The highest BCUT2D eigenvalue weighted by atomic mass is 35.5. The van der Waals surface area contributed by atoms with Gasteiger partial charge >= 0.3 is 0 Å². The van der Waals surface area contributed by atoms with Crippen LogP contribution in [0, 0.1) is 0 Å². The largest absolute Gasteiger partial charge is 0.485 e. The first-order valence-corrected chi connectivity index (χ1v) is 7.11. The zero-order valence-electron chi connectivity index (χ0n) is 10.1. The van der Waals surface area contributed by atoms with Gasteiger partial charge in [-0.05, 0) is 12.6 Å². The van der Waals surface area contributed by atoms with Crippen molar-refractivity contribution in [1.29, 1.82) is 0 Å². The number of ether oxygens (including phenoxy) is 1. The van der Waals surface area contributed by atoms with Gasteiger partial charge in [0.25, 0.3) is 0 Å². The molecule has 0 radical (unpaired) electrons. The number of benzene rings is 1. The van der Waals surface area contributed by atoms with Gasteiger partial charge in [0, 0.05) is 17.5 Å². The minimum absolute atomic E-state index is 0.451. The number of nitrogens with zero attached hydrogens (tertiary/aromatic N) is 1. The predicted molar refractivity (Wildman–Crippen MR) is 75.3 cm³/mol. The van der Waals surface area contributed by atoms with Gasteiger partial charge < -0.3 is 10.1 Å². The van der Waals surface area contributed by atoms with Crippen LogP contribution in [0.4, 0.5) is 0 Å². The Morgan fingerprint density at radius 1 is 1.44 bits per heavy atom. The van der Waals surface area contributed by atoms with E-state index < -0.39 is 0 Å². The minimum Gasteiger partial charge on any atom is -0.485 e. The SMILES string of the molecule is CCNCc1cccc(Cl)c1OCc1cscn1.